The Morgan fingerprint density at radius 1 is 1.00 bits per heavy atom. The zero-order valence-electron chi connectivity index (χ0n) is 15.9. The van der Waals surface area contributed by atoms with Gasteiger partial charge in [0.15, 0.2) is 6.61 Å². The Balaban J connectivity index is 1.59. The van der Waals surface area contributed by atoms with Gasteiger partial charge in [-0.15, -0.1) is 0 Å². The lowest BCUT2D eigenvalue weighted by Crippen LogP contribution is -2.44. The number of nitrogens with zero attached hydrogens (tertiary/aromatic N) is 1. The second-order valence-electron chi connectivity index (χ2n) is 6.37. The highest BCUT2D eigenvalue weighted by atomic mass is 16.5. The van der Waals surface area contributed by atoms with Crippen LogP contribution in [0.2, 0.25) is 0 Å². The molecule has 3 aromatic rings. The summed E-state index contributed by atoms with van der Waals surface area (Å²) in [7, 11) is 0. The average Bonchev–Trinajstić information content (AvgIpc) is 3.09. The van der Waals surface area contributed by atoms with E-state index in [0.717, 1.165) is 16.7 Å². The van der Waals surface area contributed by atoms with Gasteiger partial charge in [0, 0.05) is 5.56 Å². The van der Waals surface area contributed by atoms with Crippen molar-refractivity contribution in [1.82, 2.24) is 16.0 Å². The highest BCUT2D eigenvalue weighted by Gasteiger charge is 2.21. The van der Waals surface area contributed by atoms with Gasteiger partial charge in [0.25, 0.3) is 11.8 Å². The molecule has 0 bridgehead atoms. The van der Waals surface area contributed by atoms with Crippen LogP contribution in [-0.4, -0.2) is 23.6 Å². The van der Waals surface area contributed by atoms with E-state index in [-0.39, 0.29) is 12.2 Å². The maximum atomic E-state index is 12.5. The van der Waals surface area contributed by atoms with Crippen LogP contribution in [0.4, 0.5) is 0 Å². The molecule has 0 radical (unpaired) electrons. The quantitative estimate of drug-likeness (QED) is 0.665. The molecule has 2 amide bonds. The van der Waals surface area contributed by atoms with Crippen molar-refractivity contribution in [3.8, 4) is 17.0 Å². The minimum atomic E-state index is -0.517. The van der Waals surface area contributed by atoms with Crippen LogP contribution in [0.1, 0.15) is 27.2 Å². The molecule has 0 aliphatic carbocycles. The van der Waals surface area contributed by atoms with Crippen LogP contribution in [0, 0.1) is 20.8 Å². The number of aromatic nitrogens is 1. The number of amides is 2. The molecule has 0 saturated carbocycles. The number of hydrogen-bond donors (Lipinski definition) is 2. The van der Waals surface area contributed by atoms with E-state index in [1.54, 1.807) is 13.0 Å². The van der Waals surface area contributed by atoms with E-state index >= 15 is 0 Å². The minimum absolute atomic E-state index is 0.225. The zero-order valence-corrected chi connectivity index (χ0v) is 15.9. The molecule has 7 nitrogen and oxygen atoms in total. The number of hydrogen-bond acceptors (Lipinski definition) is 5. The van der Waals surface area contributed by atoms with Gasteiger partial charge in [-0.1, -0.05) is 41.6 Å². The number of hydrazine groups is 1. The Kier molecular flexibility index (Phi) is 5.74. The topological polar surface area (TPSA) is 93.5 Å². The lowest BCUT2D eigenvalue weighted by Gasteiger charge is -2.10. The zero-order chi connectivity index (χ0) is 20.1. The second kappa shape index (κ2) is 8.39. The summed E-state index contributed by atoms with van der Waals surface area (Å²) < 4.78 is 10.6. The largest absolute Gasteiger partial charge is 0.484 e. The third-order valence-electron chi connectivity index (χ3n) is 4.30. The SMILES string of the molecule is Cc1ccc(OCC(=O)NNC(=O)c2c(-c3ccccc3)noc2C)cc1C. The number of carbonyl (C=O) groups is 2. The molecule has 0 fully saturated rings. The molecule has 144 valence electrons. The van der Waals surface area contributed by atoms with Gasteiger partial charge < -0.3 is 9.26 Å². The van der Waals surface area contributed by atoms with Gasteiger partial charge in [-0.2, -0.15) is 0 Å². The first-order valence-electron chi connectivity index (χ1n) is 8.76. The Bertz CT molecular complexity index is 996. The van der Waals surface area contributed by atoms with Gasteiger partial charge in [0.2, 0.25) is 0 Å². The van der Waals surface area contributed by atoms with Gasteiger partial charge in [-0.05, 0) is 44.0 Å². The summed E-state index contributed by atoms with van der Waals surface area (Å²) in [6.07, 6.45) is 0. The molecule has 28 heavy (non-hydrogen) atoms. The smallest absolute Gasteiger partial charge is 0.276 e. The molecule has 0 atom stereocenters. The van der Waals surface area contributed by atoms with Gasteiger partial charge in [0.1, 0.15) is 22.8 Å². The highest BCUT2D eigenvalue weighted by Crippen LogP contribution is 2.24. The van der Waals surface area contributed by atoms with E-state index in [2.05, 4.69) is 16.0 Å². The first-order valence-corrected chi connectivity index (χ1v) is 8.76. The molecular weight excluding hydrogens is 358 g/mol. The molecule has 0 aliphatic heterocycles. The fourth-order valence-electron chi connectivity index (χ4n) is 2.61. The van der Waals surface area contributed by atoms with Crippen LogP contribution in [0.3, 0.4) is 0 Å². The summed E-state index contributed by atoms with van der Waals surface area (Å²) in [4.78, 5) is 24.5. The summed E-state index contributed by atoms with van der Waals surface area (Å²) in [6, 6.07) is 14.8. The van der Waals surface area contributed by atoms with Crippen molar-refractivity contribution < 1.29 is 18.8 Å². The minimum Gasteiger partial charge on any atom is -0.484 e. The summed E-state index contributed by atoms with van der Waals surface area (Å²) in [5.74, 6) is -0.0538. The molecule has 2 aromatic carbocycles. The van der Waals surface area contributed by atoms with E-state index in [4.69, 9.17) is 9.26 Å². The number of nitrogens with one attached hydrogen (secondary N) is 2. The number of benzene rings is 2. The lowest BCUT2D eigenvalue weighted by molar-refractivity contribution is -0.123. The Labute approximate surface area is 162 Å². The molecule has 0 aliphatic rings. The summed E-state index contributed by atoms with van der Waals surface area (Å²) >= 11 is 0. The number of rotatable bonds is 5. The van der Waals surface area contributed by atoms with E-state index in [0.29, 0.717) is 17.2 Å². The molecule has 1 aromatic heterocycles. The maximum Gasteiger partial charge on any atom is 0.276 e. The maximum absolute atomic E-state index is 12.5. The predicted octanol–water partition coefficient (Wildman–Crippen LogP) is 3.11. The second-order valence-corrected chi connectivity index (χ2v) is 6.37. The lowest BCUT2D eigenvalue weighted by atomic mass is 10.1. The molecule has 3 rings (SSSR count). The summed E-state index contributed by atoms with van der Waals surface area (Å²) in [5.41, 5.74) is 8.35. The van der Waals surface area contributed by atoms with E-state index in [1.165, 1.54) is 0 Å². The van der Waals surface area contributed by atoms with Gasteiger partial charge in [-0.3, -0.25) is 20.4 Å². The first-order chi connectivity index (χ1) is 13.5. The van der Waals surface area contributed by atoms with Crippen LogP contribution in [0.5, 0.6) is 5.75 Å². The van der Waals surface area contributed by atoms with Crippen molar-refractivity contribution in [2.45, 2.75) is 20.8 Å². The van der Waals surface area contributed by atoms with Crippen molar-refractivity contribution in [3.63, 3.8) is 0 Å². The van der Waals surface area contributed by atoms with Crippen LogP contribution >= 0.6 is 0 Å². The normalized spacial score (nSPS) is 10.4. The first kappa shape index (κ1) is 19.2. The molecule has 7 heteroatoms. The predicted molar refractivity (Wildman–Crippen MR) is 104 cm³/mol. The van der Waals surface area contributed by atoms with Crippen molar-refractivity contribution in [1.29, 1.82) is 0 Å². The van der Waals surface area contributed by atoms with Crippen LogP contribution in [0.15, 0.2) is 53.1 Å². The van der Waals surface area contributed by atoms with E-state index < -0.39 is 11.8 Å². The third kappa shape index (κ3) is 4.37. The fraction of sp³-hybridized carbons (Fsp3) is 0.190. The molecule has 1 heterocycles. The molecule has 0 spiro atoms. The van der Waals surface area contributed by atoms with Gasteiger partial charge in [-0.25, -0.2) is 0 Å². The van der Waals surface area contributed by atoms with Crippen LogP contribution in [-0.2, 0) is 4.79 Å². The standard InChI is InChI=1S/C21H21N3O4/c1-13-9-10-17(11-14(13)2)27-12-18(25)22-23-21(26)19-15(3)28-24-20(19)16-7-5-4-6-8-16/h4-11H,12H2,1-3H3,(H,22,25)(H,23,26). The number of carbonyl (C=O) groups excluding carboxylic acids is 2. The summed E-state index contributed by atoms with van der Waals surface area (Å²) in [5, 5.41) is 3.95. The van der Waals surface area contributed by atoms with Crippen LogP contribution in [0.25, 0.3) is 11.3 Å². The highest BCUT2D eigenvalue weighted by molar-refractivity contribution is 6.01. The van der Waals surface area contributed by atoms with Gasteiger partial charge in [0.05, 0.1) is 0 Å². The average molecular weight is 379 g/mol. The van der Waals surface area contributed by atoms with Gasteiger partial charge >= 0.3 is 0 Å². The van der Waals surface area contributed by atoms with Crippen LogP contribution < -0.4 is 15.6 Å². The summed E-state index contributed by atoms with van der Waals surface area (Å²) in [6.45, 7) is 5.38. The number of aryl methyl sites for hydroxylation is 3. The fourth-order valence-corrected chi connectivity index (χ4v) is 2.61. The van der Waals surface area contributed by atoms with Crippen molar-refractivity contribution >= 4 is 11.8 Å². The number of ether oxygens (including phenoxy) is 1. The Hall–Kier alpha value is -3.61. The Morgan fingerprint density at radius 2 is 1.75 bits per heavy atom. The van der Waals surface area contributed by atoms with Crippen molar-refractivity contribution in [3.05, 3.63) is 71.0 Å². The molecule has 2 N–H and O–H groups in total. The van der Waals surface area contributed by atoms with Crippen molar-refractivity contribution in [2.24, 2.45) is 0 Å². The molecule has 0 saturated heterocycles. The third-order valence-corrected chi connectivity index (χ3v) is 4.30. The monoisotopic (exact) mass is 379 g/mol. The molecule has 0 unspecified atom stereocenters. The Morgan fingerprint density at radius 3 is 2.46 bits per heavy atom. The van der Waals surface area contributed by atoms with E-state index in [9.17, 15) is 9.59 Å². The van der Waals surface area contributed by atoms with Crippen molar-refractivity contribution in [2.75, 3.05) is 6.61 Å². The van der Waals surface area contributed by atoms with E-state index in [1.807, 2.05) is 56.3 Å². The molecular formula is C21H21N3O4.